The second-order valence-electron chi connectivity index (χ2n) is 5.39. The molecule has 2 heterocycles. The molecule has 0 amide bonds. The summed E-state index contributed by atoms with van der Waals surface area (Å²) in [6.45, 7) is 0. The van der Waals surface area contributed by atoms with Crippen LogP contribution in [0.3, 0.4) is 0 Å². The fourth-order valence-corrected chi connectivity index (χ4v) is 3.76. The third-order valence-electron chi connectivity index (χ3n) is 3.88. The number of hydrogen-bond donors (Lipinski definition) is 0. The molecule has 23 heavy (non-hydrogen) atoms. The molecule has 0 aliphatic carbocycles. The van der Waals surface area contributed by atoms with Gasteiger partial charge in [0, 0.05) is 34.7 Å². The lowest BCUT2D eigenvalue weighted by atomic mass is 10.0. The SMILES string of the molecule is O=C1/C(=C/c2ccc3cnccc3c2)CSc2c(F)cccc21. The Kier molecular flexibility index (Phi) is 3.46. The van der Waals surface area contributed by atoms with E-state index in [9.17, 15) is 9.18 Å². The van der Waals surface area contributed by atoms with Crippen molar-refractivity contribution in [3.05, 3.63) is 77.4 Å². The molecule has 0 saturated carbocycles. The van der Waals surface area contributed by atoms with Crippen molar-refractivity contribution in [2.45, 2.75) is 4.90 Å². The van der Waals surface area contributed by atoms with Gasteiger partial charge in [0.25, 0.3) is 0 Å². The molecule has 1 aromatic heterocycles. The maximum atomic E-state index is 13.8. The van der Waals surface area contributed by atoms with E-state index in [0.29, 0.717) is 21.8 Å². The standard InChI is InChI=1S/C19H12FNOS/c20-17-3-1-2-16-18(22)15(11-23-19(16)17)9-12-4-5-14-10-21-7-6-13(14)8-12/h1-10H,11H2/b15-9+. The van der Waals surface area contributed by atoms with E-state index in [1.165, 1.54) is 17.8 Å². The Morgan fingerprint density at radius 3 is 2.96 bits per heavy atom. The molecule has 2 aromatic carbocycles. The zero-order valence-electron chi connectivity index (χ0n) is 12.1. The Hall–Kier alpha value is -2.46. The van der Waals surface area contributed by atoms with Crippen molar-refractivity contribution in [2.75, 3.05) is 5.75 Å². The minimum absolute atomic E-state index is 0.0897. The molecule has 3 aromatic rings. The van der Waals surface area contributed by atoms with Gasteiger partial charge in [-0.2, -0.15) is 0 Å². The van der Waals surface area contributed by atoms with Crippen molar-refractivity contribution >= 4 is 34.4 Å². The average Bonchev–Trinajstić information content (AvgIpc) is 2.58. The Morgan fingerprint density at radius 1 is 1.13 bits per heavy atom. The van der Waals surface area contributed by atoms with Gasteiger partial charge in [-0.3, -0.25) is 9.78 Å². The van der Waals surface area contributed by atoms with Crippen LogP contribution in [0.25, 0.3) is 16.8 Å². The number of fused-ring (bicyclic) bond motifs is 2. The third kappa shape index (κ3) is 2.55. The average molecular weight is 321 g/mol. The van der Waals surface area contributed by atoms with Crippen molar-refractivity contribution in [1.29, 1.82) is 0 Å². The lowest BCUT2D eigenvalue weighted by Gasteiger charge is -2.17. The number of ketones is 1. The number of benzene rings is 2. The molecule has 0 fully saturated rings. The van der Waals surface area contributed by atoms with E-state index >= 15 is 0 Å². The first-order valence-electron chi connectivity index (χ1n) is 7.23. The van der Waals surface area contributed by atoms with Crippen LogP contribution in [0.5, 0.6) is 0 Å². The van der Waals surface area contributed by atoms with Gasteiger partial charge >= 0.3 is 0 Å². The molecule has 1 aliphatic rings. The topological polar surface area (TPSA) is 30.0 Å². The van der Waals surface area contributed by atoms with Crippen molar-refractivity contribution in [3.8, 4) is 0 Å². The summed E-state index contributed by atoms with van der Waals surface area (Å²) in [6, 6.07) is 12.6. The maximum Gasteiger partial charge on any atom is 0.191 e. The van der Waals surface area contributed by atoms with Crippen molar-refractivity contribution < 1.29 is 9.18 Å². The fraction of sp³-hybridized carbons (Fsp3) is 0.0526. The summed E-state index contributed by atoms with van der Waals surface area (Å²) < 4.78 is 13.8. The number of Topliss-reactive ketones (excluding diaryl/α,β-unsaturated/α-hetero) is 1. The molecule has 0 unspecified atom stereocenters. The van der Waals surface area contributed by atoms with Crippen LogP contribution in [-0.4, -0.2) is 16.5 Å². The zero-order chi connectivity index (χ0) is 15.8. The molecule has 112 valence electrons. The van der Waals surface area contributed by atoms with Crippen LogP contribution in [0.4, 0.5) is 4.39 Å². The molecule has 0 spiro atoms. The Morgan fingerprint density at radius 2 is 2.04 bits per heavy atom. The molecule has 2 nitrogen and oxygen atoms in total. The number of pyridine rings is 1. The van der Waals surface area contributed by atoms with Gasteiger partial charge in [0.15, 0.2) is 5.78 Å². The van der Waals surface area contributed by atoms with E-state index in [1.54, 1.807) is 18.3 Å². The number of halogens is 1. The van der Waals surface area contributed by atoms with Crippen LogP contribution in [0, 0.1) is 5.82 Å². The van der Waals surface area contributed by atoms with Crippen molar-refractivity contribution in [1.82, 2.24) is 4.98 Å². The number of thioether (sulfide) groups is 1. The van der Waals surface area contributed by atoms with Crippen molar-refractivity contribution in [2.24, 2.45) is 0 Å². The minimum Gasteiger partial charge on any atom is -0.289 e. The maximum absolute atomic E-state index is 13.8. The molecule has 4 heteroatoms. The number of aromatic nitrogens is 1. The second-order valence-corrected chi connectivity index (χ2v) is 6.37. The normalized spacial score (nSPS) is 15.9. The van der Waals surface area contributed by atoms with E-state index in [0.717, 1.165) is 16.3 Å². The van der Waals surface area contributed by atoms with Crippen LogP contribution in [-0.2, 0) is 0 Å². The summed E-state index contributed by atoms with van der Waals surface area (Å²) >= 11 is 1.38. The van der Waals surface area contributed by atoms with Gasteiger partial charge in [-0.05, 0) is 41.3 Å². The fourth-order valence-electron chi connectivity index (χ4n) is 2.72. The van der Waals surface area contributed by atoms with Crippen molar-refractivity contribution in [3.63, 3.8) is 0 Å². The number of hydrogen-bond acceptors (Lipinski definition) is 3. The van der Waals surface area contributed by atoms with Gasteiger partial charge in [-0.1, -0.05) is 18.2 Å². The number of nitrogens with zero attached hydrogens (tertiary/aromatic N) is 1. The van der Waals surface area contributed by atoms with Gasteiger partial charge in [-0.15, -0.1) is 11.8 Å². The molecule has 4 rings (SSSR count). The van der Waals surface area contributed by atoms with E-state index in [1.807, 2.05) is 36.5 Å². The molecule has 0 bridgehead atoms. The summed E-state index contributed by atoms with van der Waals surface area (Å²) in [7, 11) is 0. The van der Waals surface area contributed by atoms with Crippen LogP contribution in [0.15, 0.2) is 65.3 Å². The summed E-state index contributed by atoms with van der Waals surface area (Å²) in [5, 5.41) is 2.14. The van der Waals surface area contributed by atoms with Crippen LogP contribution in [0.1, 0.15) is 15.9 Å². The number of carbonyl (C=O) groups excluding carboxylic acids is 1. The van der Waals surface area contributed by atoms with E-state index < -0.39 is 0 Å². The van der Waals surface area contributed by atoms with Gasteiger partial charge in [-0.25, -0.2) is 4.39 Å². The highest BCUT2D eigenvalue weighted by Crippen LogP contribution is 2.35. The smallest absolute Gasteiger partial charge is 0.191 e. The molecular formula is C19H12FNOS. The van der Waals surface area contributed by atoms with Gasteiger partial charge in [0.05, 0.1) is 4.90 Å². The first kappa shape index (κ1) is 14.2. The van der Waals surface area contributed by atoms with E-state index in [4.69, 9.17) is 0 Å². The molecular weight excluding hydrogens is 309 g/mol. The third-order valence-corrected chi connectivity index (χ3v) is 5.04. The molecule has 0 N–H and O–H groups in total. The molecule has 0 radical (unpaired) electrons. The summed E-state index contributed by atoms with van der Waals surface area (Å²) in [6.07, 6.45) is 5.45. The van der Waals surface area contributed by atoms with Crippen LogP contribution < -0.4 is 0 Å². The second kappa shape index (κ2) is 5.63. The Labute approximate surface area is 137 Å². The highest BCUT2D eigenvalue weighted by atomic mass is 32.2. The lowest BCUT2D eigenvalue weighted by molar-refractivity contribution is 0.103. The number of rotatable bonds is 1. The summed E-state index contributed by atoms with van der Waals surface area (Å²) in [4.78, 5) is 17.1. The van der Waals surface area contributed by atoms with Gasteiger partial charge in [0.1, 0.15) is 5.82 Å². The minimum atomic E-state index is -0.321. The zero-order valence-corrected chi connectivity index (χ0v) is 12.9. The quantitative estimate of drug-likeness (QED) is 0.606. The predicted octanol–water partition coefficient (Wildman–Crippen LogP) is 4.75. The highest BCUT2D eigenvalue weighted by Gasteiger charge is 2.24. The first-order chi connectivity index (χ1) is 11.2. The molecule has 0 atom stereocenters. The lowest BCUT2D eigenvalue weighted by Crippen LogP contribution is -2.13. The monoisotopic (exact) mass is 321 g/mol. The largest absolute Gasteiger partial charge is 0.289 e. The number of carbonyl (C=O) groups is 1. The first-order valence-corrected chi connectivity index (χ1v) is 8.21. The van der Waals surface area contributed by atoms with Gasteiger partial charge < -0.3 is 0 Å². The highest BCUT2D eigenvalue weighted by molar-refractivity contribution is 7.99. The molecule has 0 saturated heterocycles. The van der Waals surface area contributed by atoms with Crippen LogP contribution in [0.2, 0.25) is 0 Å². The predicted molar refractivity (Wildman–Crippen MR) is 91.2 cm³/mol. The van der Waals surface area contributed by atoms with E-state index in [-0.39, 0.29) is 11.6 Å². The Bertz CT molecular complexity index is 964. The summed E-state index contributed by atoms with van der Waals surface area (Å²) in [5.74, 6) is 0.0763. The van der Waals surface area contributed by atoms with E-state index in [2.05, 4.69) is 4.98 Å². The van der Waals surface area contributed by atoms with Gasteiger partial charge in [0.2, 0.25) is 0 Å². The molecule has 1 aliphatic heterocycles. The summed E-state index contributed by atoms with van der Waals surface area (Å²) in [5.41, 5.74) is 2.12. The van der Waals surface area contributed by atoms with Crippen LogP contribution >= 0.6 is 11.8 Å². The Balaban J connectivity index is 1.75.